The van der Waals surface area contributed by atoms with Gasteiger partial charge in [-0.1, -0.05) is 56.3 Å². The molecule has 1 saturated heterocycles. The van der Waals surface area contributed by atoms with Crippen LogP contribution in [0.15, 0.2) is 61.4 Å². The van der Waals surface area contributed by atoms with Crippen LogP contribution < -0.4 is 4.90 Å². The smallest absolute Gasteiger partial charge is 0.158 e. The summed E-state index contributed by atoms with van der Waals surface area (Å²) in [5.41, 5.74) is 0.864. The molecule has 0 bridgehead atoms. The van der Waals surface area contributed by atoms with Gasteiger partial charge in [-0.15, -0.1) is 0 Å². The van der Waals surface area contributed by atoms with Crippen molar-refractivity contribution in [1.29, 1.82) is 0 Å². The monoisotopic (exact) mass is 506 g/mol. The fraction of sp³-hybridized carbons (Fsp3) is 0.286. The third kappa shape index (κ3) is 4.17. The van der Waals surface area contributed by atoms with Crippen molar-refractivity contribution in [1.82, 2.24) is 14.9 Å². The highest BCUT2D eigenvalue weighted by atomic mass is 35.5. The first-order valence-electron chi connectivity index (χ1n) is 12.0. The van der Waals surface area contributed by atoms with Crippen molar-refractivity contribution in [3.63, 3.8) is 0 Å². The number of benzene rings is 3. The number of aliphatic hydroxyl groups excluding tert-OH is 1. The molecule has 36 heavy (non-hydrogen) atoms. The third-order valence-electron chi connectivity index (χ3n) is 7.00. The van der Waals surface area contributed by atoms with Gasteiger partial charge in [0.1, 0.15) is 29.6 Å². The van der Waals surface area contributed by atoms with Crippen molar-refractivity contribution in [3.05, 3.63) is 72.3 Å². The highest BCUT2D eigenvalue weighted by Gasteiger charge is 2.33. The lowest BCUT2D eigenvalue weighted by Crippen LogP contribution is -2.58. The van der Waals surface area contributed by atoms with Crippen LogP contribution >= 0.6 is 11.6 Å². The van der Waals surface area contributed by atoms with Crippen molar-refractivity contribution >= 4 is 39.1 Å². The number of hydrogen-bond donors (Lipinski definition) is 2. The summed E-state index contributed by atoms with van der Waals surface area (Å²) in [6.07, 6.45) is 2.18. The van der Waals surface area contributed by atoms with Gasteiger partial charge in [-0.3, -0.25) is 4.90 Å². The molecule has 1 fully saturated rings. The second kappa shape index (κ2) is 9.65. The SMILES string of the molecule is C=CC(O)N1CCN(c2ncnc3c(F)c(-c4cc(O)cc5ccccc45)c(Cl)cc23)CC1C(C)C. The largest absolute Gasteiger partial charge is 0.508 e. The van der Waals surface area contributed by atoms with Gasteiger partial charge in [0.05, 0.1) is 5.02 Å². The van der Waals surface area contributed by atoms with Crippen molar-refractivity contribution < 1.29 is 14.6 Å². The first kappa shape index (κ1) is 24.4. The molecule has 1 aliphatic heterocycles. The molecule has 8 heteroatoms. The van der Waals surface area contributed by atoms with Gasteiger partial charge in [-0.2, -0.15) is 0 Å². The number of aromatic hydroxyl groups is 1. The van der Waals surface area contributed by atoms with E-state index in [1.165, 1.54) is 18.5 Å². The standard InChI is InChI=1S/C28H28ClFN4O2/c1-4-24(36)34-10-9-33(14-23(34)16(2)3)28-21-13-22(29)25(26(30)27(21)31-15-32-28)20-12-18(35)11-17-7-5-6-8-19(17)20/h4-8,11-13,15-16,23-24,35-36H,1,9-10,14H2,2-3H3. The zero-order chi connectivity index (χ0) is 25.6. The Morgan fingerprint density at radius 3 is 2.67 bits per heavy atom. The molecule has 1 aromatic heterocycles. The van der Waals surface area contributed by atoms with Crippen LogP contribution in [-0.2, 0) is 0 Å². The first-order valence-corrected chi connectivity index (χ1v) is 12.3. The molecule has 4 aromatic rings. The summed E-state index contributed by atoms with van der Waals surface area (Å²) in [7, 11) is 0. The number of halogens is 2. The number of piperazine rings is 1. The van der Waals surface area contributed by atoms with E-state index in [1.54, 1.807) is 12.1 Å². The summed E-state index contributed by atoms with van der Waals surface area (Å²) in [5, 5.41) is 23.0. The molecule has 0 amide bonds. The molecule has 5 rings (SSSR count). The number of aromatic nitrogens is 2. The average Bonchev–Trinajstić information content (AvgIpc) is 2.87. The van der Waals surface area contributed by atoms with Crippen LogP contribution in [0.1, 0.15) is 13.8 Å². The molecule has 1 aliphatic rings. The fourth-order valence-corrected chi connectivity index (χ4v) is 5.48. The van der Waals surface area contributed by atoms with Crippen molar-refractivity contribution in [2.75, 3.05) is 24.5 Å². The van der Waals surface area contributed by atoms with Gasteiger partial charge in [0.2, 0.25) is 0 Å². The number of fused-ring (bicyclic) bond motifs is 2. The number of aliphatic hydroxyl groups is 1. The minimum Gasteiger partial charge on any atom is -0.508 e. The summed E-state index contributed by atoms with van der Waals surface area (Å²) in [5.74, 6) is 0.341. The van der Waals surface area contributed by atoms with Crippen molar-refractivity contribution in [3.8, 4) is 16.9 Å². The Hall–Kier alpha value is -3.26. The number of rotatable bonds is 5. The van der Waals surface area contributed by atoms with E-state index in [1.807, 2.05) is 29.2 Å². The Balaban J connectivity index is 1.62. The molecule has 2 heterocycles. The summed E-state index contributed by atoms with van der Waals surface area (Å²) < 4.78 is 16.1. The molecule has 0 radical (unpaired) electrons. The van der Waals surface area contributed by atoms with E-state index in [-0.39, 0.29) is 33.8 Å². The second-order valence-electron chi connectivity index (χ2n) is 9.50. The highest BCUT2D eigenvalue weighted by Crippen LogP contribution is 2.42. The van der Waals surface area contributed by atoms with E-state index in [9.17, 15) is 10.2 Å². The Labute approximate surface area is 214 Å². The van der Waals surface area contributed by atoms with Crippen LogP contribution in [0.25, 0.3) is 32.8 Å². The van der Waals surface area contributed by atoms with Crippen LogP contribution in [0.5, 0.6) is 5.75 Å². The third-order valence-corrected chi connectivity index (χ3v) is 7.30. The van der Waals surface area contributed by atoms with Crippen LogP contribution in [0.4, 0.5) is 10.2 Å². The normalized spacial score (nSPS) is 17.7. The summed E-state index contributed by atoms with van der Waals surface area (Å²) in [6.45, 7) is 9.75. The van der Waals surface area contributed by atoms with Crippen molar-refractivity contribution in [2.24, 2.45) is 5.92 Å². The quantitative estimate of drug-likeness (QED) is 0.343. The lowest BCUT2D eigenvalue weighted by atomic mass is 9.96. The zero-order valence-corrected chi connectivity index (χ0v) is 21.0. The second-order valence-corrected chi connectivity index (χ2v) is 9.91. The number of nitrogens with zero attached hydrogens (tertiary/aromatic N) is 4. The molecule has 2 unspecified atom stereocenters. The Kier molecular flexibility index (Phi) is 6.55. The van der Waals surface area contributed by atoms with Gasteiger partial charge in [-0.05, 0) is 46.5 Å². The topological polar surface area (TPSA) is 72.7 Å². The molecule has 0 saturated carbocycles. The summed E-state index contributed by atoms with van der Waals surface area (Å²) in [6, 6.07) is 12.4. The predicted octanol–water partition coefficient (Wildman–Crippen LogP) is 5.60. The van der Waals surface area contributed by atoms with E-state index < -0.39 is 12.0 Å². The van der Waals surface area contributed by atoms with E-state index in [4.69, 9.17) is 11.6 Å². The average molecular weight is 507 g/mol. The number of anilines is 1. The zero-order valence-electron chi connectivity index (χ0n) is 20.2. The highest BCUT2D eigenvalue weighted by molar-refractivity contribution is 6.35. The molecular weight excluding hydrogens is 479 g/mol. The van der Waals surface area contributed by atoms with Crippen LogP contribution in [-0.4, -0.2) is 57.0 Å². The summed E-state index contributed by atoms with van der Waals surface area (Å²) >= 11 is 6.72. The lowest BCUT2D eigenvalue weighted by Gasteiger charge is -2.45. The maximum Gasteiger partial charge on any atom is 0.158 e. The lowest BCUT2D eigenvalue weighted by molar-refractivity contribution is -0.0113. The minimum absolute atomic E-state index is 0.0296. The van der Waals surface area contributed by atoms with Gasteiger partial charge in [0, 0.05) is 36.6 Å². The van der Waals surface area contributed by atoms with Gasteiger partial charge in [-0.25, -0.2) is 14.4 Å². The maximum absolute atomic E-state index is 16.1. The predicted molar refractivity (Wildman–Crippen MR) is 143 cm³/mol. The maximum atomic E-state index is 16.1. The van der Waals surface area contributed by atoms with Crippen LogP contribution in [0.2, 0.25) is 5.02 Å². The van der Waals surface area contributed by atoms with Gasteiger partial charge in [0.15, 0.2) is 5.82 Å². The van der Waals surface area contributed by atoms with E-state index in [0.29, 0.717) is 36.4 Å². The Bertz CT molecular complexity index is 1460. The molecule has 0 spiro atoms. The molecular formula is C28H28ClFN4O2. The van der Waals surface area contributed by atoms with Gasteiger partial charge >= 0.3 is 0 Å². The van der Waals surface area contributed by atoms with E-state index >= 15 is 4.39 Å². The Morgan fingerprint density at radius 1 is 1.14 bits per heavy atom. The van der Waals surface area contributed by atoms with E-state index in [0.717, 1.165) is 10.8 Å². The number of phenols is 1. The summed E-state index contributed by atoms with van der Waals surface area (Å²) in [4.78, 5) is 12.9. The van der Waals surface area contributed by atoms with Crippen LogP contribution in [0, 0.1) is 11.7 Å². The van der Waals surface area contributed by atoms with E-state index in [2.05, 4.69) is 35.3 Å². The fourth-order valence-electron chi connectivity index (χ4n) is 5.19. The minimum atomic E-state index is -0.728. The van der Waals surface area contributed by atoms with Gasteiger partial charge in [0.25, 0.3) is 0 Å². The first-order chi connectivity index (χ1) is 17.3. The number of phenolic OH excluding ortho intramolecular Hbond substituents is 1. The molecule has 2 atom stereocenters. The molecule has 0 aliphatic carbocycles. The molecule has 186 valence electrons. The molecule has 3 aromatic carbocycles. The molecule has 2 N–H and O–H groups in total. The van der Waals surface area contributed by atoms with Crippen molar-refractivity contribution in [2.45, 2.75) is 26.1 Å². The molecule has 6 nitrogen and oxygen atoms in total. The Morgan fingerprint density at radius 2 is 1.92 bits per heavy atom. The van der Waals surface area contributed by atoms with Crippen LogP contribution in [0.3, 0.4) is 0 Å². The van der Waals surface area contributed by atoms with Gasteiger partial charge < -0.3 is 15.1 Å². The number of hydrogen-bond acceptors (Lipinski definition) is 6.